The van der Waals surface area contributed by atoms with Gasteiger partial charge >= 0.3 is 0 Å². The second kappa shape index (κ2) is 9.67. The van der Waals surface area contributed by atoms with Crippen molar-refractivity contribution in [2.24, 2.45) is 13.0 Å². The van der Waals surface area contributed by atoms with Gasteiger partial charge in [-0.25, -0.2) is 18.7 Å². The molecule has 33 heavy (non-hydrogen) atoms. The summed E-state index contributed by atoms with van der Waals surface area (Å²) in [6.45, 7) is 2.13. The van der Waals surface area contributed by atoms with Crippen LogP contribution < -0.4 is 10.0 Å². The van der Waals surface area contributed by atoms with E-state index in [1.165, 1.54) is 11.8 Å². The summed E-state index contributed by atoms with van der Waals surface area (Å²) in [6.07, 6.45) is 6.28. The van der Waals surface area contributed by atoms with Gasteiger partial charge in [0, 0.05) is 36.7 Å². The topological polar surface area (TPSA) is 99.9 Å². The highest BCUT2D eigenvalue weighted by atomic mass is 35.5. The summed E-state index contributed by atoms with van der Waals surface area (Å²) < 4.78 is 26.8. The van der Waals surface area contributed by atoms with Crippen LogP contribution in [0.4, 0.5) is 5.69 Å². The Hall–Kier alpha value is -2.68. The molecule has 4 rings (SSSR count). The third-order valence-corrected chi connectivity index (χ3v) is 8.01. The van der Waals surface area contributed by atoms with Gasteiger partial charge in [0.25, 0.3) is 5.91 Å². The molecule has 0 aliphatic carbocycles. The summed E-state index contributed by atoms with van der Waals surface area (Å²) in [5, 5.41) is 3.12. The first-order valence-corrected chi connectivity index (χ1v) is 12.9. The zero-order chi connectivity index (χ0) is 23.6. The molecule has 2 unspecified atom stereocenters. The Kier molecular flexibility index (Phi) is 6.88. The maximum Gasteiger partial charge on any atom is 0.272 e. The molecular weight excluding hydrogens is 458 g/mol. The van der Waals surface area contributed by atoms with Crippen LogP contribution in [0.5, 0.6) is 0 Å². The number of rotatable bonds is 6. The van der Waals surface area contributed by atoms with Crippen LogP contribution in [0.1, 0.15) is 41.4 Å². The Morgan fingerprint density at radius 1 is 1.36 bits per heavy atom. The lowest BCUT2D eigenvalue weighted by Gasteiger charge is -2.24. The zero-order valence-electron chi connectivity index (χ0n) is 18.7. The van der Waals surface area contributed by atoms with E-state index in [9.17, 15) is 9.00 Å². The molecule has 1 aromatic carbocycles. The van der Waals surface area contributed by atoms with Crippen molar-refractivity contribution in [3.63, 3.8) is 0 Å². The highest BCUT2D eigenvalue weighted by Crippen LogP contribution is 2.31. The quantitative estimate of drug-likeness (QED) is 0.436. The van der Waals surface area contributed by atoms with Crippen LogP contribution in [0.2, 0.25) is 5.15 Å². The van der Waals surface area contributed by atoms with Crippen LogP contribution in [0.15, 0.2) is 59.8 Å². The number of carbonyl (C=O) groups excluding carboxylic acids is 1. The average Bonchev–Trinajstić information content (AvgIpc) is 3.06. The fraction of sp³-hybridized carbons (Fsp3) is 0.333. The molecular formula is C24H28ClN5O2S. The molecule has 1 aliphatic rings. The minimum Gasteiger partial charge on any atom is -0.345 e. The van der Waals surface area contributed by atoms with Crippen LogP contribution in [0, 0.1) is 10.7 Å². The summed E-state index contributed by atoms with van der Waals surface area (Å²) in [5.74, 6) is -0.0998. The van der Waals surface area contributed by atoms with Gasteiger partial charge < -0.3 is 9.88 Å². The van der Waals surface area contributed by atoms with E-state index in [1.54, 1.807) is 29.9 Å². The van der Waals surface area contributed by atoms with E-state index >= 15 is 0 Å². The van der Waals surface area contributed by atoms with Crippen molar-refractivity contribution >= 4 is 33.1 Å². The third kappa shape index (κ3) is 5.29. The molecule has 0 saturated carbocycles. The number of fused-ring (bicyclic) bond motifs is 1. The molecule has 3 aromatic rings. The minimum atomic E-state index is -3.25. The fourth-order valence-electron chi connectivity index (χ4n) is 4.38. The molecule has 7 nitrogen and oxygen atoms in total. The van der Waals surface area contributed by atoms with Gasteiger partial charge in [0.1, 0.15) is 20.8 Å². The summed E-state index contributed by atoms with van der Waals surface area (Å²) in [7, 11) is -1.52. The average molecular weight is 486 g/mol. The molecule has 0 saturated heterocycles. The first-order valence-electron chi connectivity index (χ1n) is 11.0. The normalized spacial score (nSPS) is 21.1. The third-order valence-electron chi connectivity index (χ3n) is 6.20. The number of pyridine rings is 1. The van der Waals surface area contributed by atoms with Crippen molar-refractivity contribution in [3.05, 3.63) is 76.8 Å². The van der Waals surface area contributed by atoms with Gasteiger partial charge in [0.2, 0.25) is 0 Å². The largest absolute Gasteiger partial charge is 0.345 e. The second-order valence-electron chi connectivity index (χ2n) is 8.57. The Labute approximate surface area is 199 Å². The summed E-state index contributed by atoms with van der Waals surface area (Å²) in [6, 6.07) is 13.4. The van der Waals surface area contributed by atoms with Crippen molar-refractivity contribution in [3.8, 4) is 0 Å². The van der Waals surface area contributed by atoms with E-state index in [-0.39, 0.29) is 23.0 Å². The Morgan fingerprint density at radius 2 is 2.12 bits per heavy atom. The lowest BCUT2D eigenvalue weighted by Crippen LogP contribution is -2.37. The standard InChI is InChI=1S/C24H28ClN5O2S/c1-16(8-9-17-6-4-3-5-7-17)20-11-10-19-21(33(26,32)29-20)15-30(2)23(19)24(31)28-18-12-13-27-22(25)14-18/h3-7,12-16,20H,8-11H2,1-2H3,(H2,26,29,32)(H,27,28,31)/t16-,20?,33?/m0/s1. The number of nitrogens with zero attached hydrogens (tertiary/aromatic N) is 2. The minimum absolute atomic E-state index is 0.0775. The Bertz CT molecular complexity index is 1260. The molecule has 3 N–H and O–H groups in total. The number of halogens is 1. The Balaban J connectivity index is 1.53. The van der Waals surface area contributed by atoms with Crippen LogP contribution in [0.25, 0.3) is 0 Å². The number of hydrogen-bond donors (Lipinski definition) is 3. The molecule has 0 fully saturated rings. The van der Waals surface area contributed by atoms with Gasteiger partial charge in [-0.2, -0.15) is 0 Å². The molecule has 1 amide bonds. The van der Waals surface area contributed by atoms with Crippen LogP contribution in [-0.4, -0.2) is 25.7 Å². The maximum absolute atomic E-state index is 13.4. The van der Waals surface area contributed by atoms with Crippen LogP contribution in [0.3, 0.4) is 0 Å². The summed E-state index contributed by atoms with van der Waals surface area (Å²) in [5.41, 5.74) is 2.88. The van der Waals surface area contributed by atoms with Crippen LogP contribution >= 0.6 is 11.6 Å². The first-order chi connectivity index (χ1) is 15.7. The van der Waals surface area contributed by atoms with Crippen molar-refractivity contribution < 1.29 is 9.00 Å². The number of aromatic nitrogens is 2. The predicted octanol–water partition coefficient (Wildman–Crippen LogP) is 4.82. The molecule has 1 aliphatic heterocycles. The molecule has 0 radical (unpaired) electrons. The first kappa shape index (κ1) is 23.5. The monoisotopic (exact) mass is 485 g/mol. The van der Waals surface area contributed by atoms with E-state index in [2.05, 4.69) is 34.1 Å². The number of amides is 1. The fourth-order valence-corrected chi connectivity index (χ4v) is 6.31. The van der Waals surface area contributed by atoms with E-state index < -0.39 is 9.92 Å². The molecule has 0 bridgehead atoms. The van der Waals surface area contributed by atoms with Crippen molar-refractivity contribution in [1.29, 1.82) is 4.78 Å². The summed E-state index contributed by atoms with van der Waals surface area (Å²) in [4.78, 5) is 17.4. The van der Waals surface area contributed by atoms with Gasteiger partial charge in [0.15, 0.2) is 0 Å². The number of hydrogen-bond acceptors (Lipinski definition) is 4. The van der Waals surface area contributed by atoms with Crippen molar-refractivity contribution in [2.45, 2.75) is 43.5 Å². The molecule has 3 heterocycles. The molecule has 2 aromatic heterocycles. The second-order valence-corrected chi connectivity index (χ2v) is 10.7. The number of carbonyl (C=O) groups is 1. The van der Waals surface area contributed by atoms with Crippen molar-refractivity contribution in [2.75, 3.05) is 5.32 Å². The van der Waals surface area contributed by atoms with E-state index in [0.29, 0.717) is 34.7 Å². The highest BCUT2D eigenvalue weighted by molar-refractivity contribution is 7.90. The molecule has 9 heteroatoms. The Morgan fingerprint density at radius 3 is 2.85 bits per heavy atom. The smallest absolute Gasteiger partial charge is 0.272 e. The molecule has 3 atom stereocenters. The van der Waals surface area contributed by atoms with E-state index in [4.69, 9.17) is 16.4 Å². The molecule has 174 valence electrons. The van der Waals surface area contributed by atoms with Gasteiger partial charge in [-0.05, 0) is 49.3 Å². The lowest BCUT2D eigenvalue weighted by atomic mass is 9.91. The zero-order valence-corrected chi connectivity index (χ0v) is 20.2. The van der Waals surface area contributed by atoms with Crippen molar-refractivity contribution in [1.82, 2.24) is 14.3 Å². The SMILES string of the molecule is C[C@@H](CCc1ccccc1)C1CCc2c(cn(C)c2C(=O)Nc2ccnc(Cl)c2)S(=N)(=O)N1. The predicted molar refractivity (Wildman–Crippen MR) is 131 cm³/mol. The van der Waals surface area contributed by atoms with Gasteiger partial charge in [-0.15, -0.1) is 0 Å². The molecule has 0 spiro atoms. The lowest BCUT2D eigenvalue weighted by molar-refractivity contribution is 0.101. The number of benzene rings is 1. The summed E-state index contributed by atoms with van der Waals surface area (Å²) >= 11 is 5.93. The number of nitrogens with one attached hydrogen (secondary N) is 3. The van der Waals surface area contributed by atoms with E-state index in [0.717, 1.165) is 12.8 Å². The maximum atomic E-state index is 13.4. The highest BCUT2D eigenvalue weighted by Gasteiger charge is 2.32. The van der Waals surface area contributed by atoms with Gasteiger partial charge in [-0.3, -0.25) is 4.79 Å². The number of aryl methyl sites for hydroxylation is 2. The van der Waals surface area contributed by atoms with E-state index in [1.807, 2.05) is 18.2 Å². The van der Waals surface area contributed by atoms with Gasteiger partial charge in [0.05, 0.1) is 4.90 Å². The van der Waals surface area contributed by atoms with Crippen LogP contribution in [-0.2, 0) is 29.8 Å². The van der Waals surface area contributed by atoms with Gasteiger partial charge in [-0.1, -0.05) is 48.9 Å². The number of anilines is 1.